The Morgan fingerprint density at radius 2 is 1.72 bits per heavy atom. The van der Waals surface area contributed by atoms with E-state index in [4.69, 9.17) is 0 Å². The van der Waals surface area contributed by atoms with Gasteiger partial charge < -0.3 is 10.4 Å². The second-order valence-electron chi connectivity index (χ2n) is 4.46. The zero-order valence-corrected chi connectivity index (χ0v) is 10.5. The second-order valence-corrected chi connectivity index (χ2v) is 4.46. The van der Waals surface area contributed by atoms with E-state index in [-0.39, 0.29) is 12.2 Å². The van der Waals surface area contributed by atoms with Gasteiger partial charge in [-0.1, -0.05) is 25.1 Å². The number of alkyl halides is 3. The van der Waals surface area contributed by atoms with Crippen molar-refractivity contribution >= 4 is 0 Å². The van der Waals surface area contributed by atoms with Gasteiger partial charge in [0.15, 0.2) is 0 Å². The van der Waals surface area contributed by atoms with Gasteiger partial charge in [0.25, 0.3) is 0 Å². The summed E-state index contributed by atoms with van der Waals surface area (Å²) in [6.07, 6.45) is -3.63. The van der Waals surface area contributed by atoms with Gasteiger partial charge in [-0.05, 0) is 31.5 Å². The molecule has 102 valence electrons. The van der Waals surface area contributed by atoms with Crippen LogP contribution in [0.1, 0.15) is 31.4 Å². The van der Waals surface area contributed by atoms with Gasteiger partial charge in [0.05, 0.1) is 17.7 Å². The van der Waals surface area contributed by atoms with Crippen LogP contribution in [0.3, 0.4) is 0 Å². The topological polar surface area (TPSA) is 32.3 Å². The van der Waals surface area contributed by atoms with Crippen LogP contribution < -0.4 is 5.32 Å². The molecule has 0 bridgehead atoms. The third-order valence-corrected chi connectivity index (χ3v) is 2.91. The summed E-state index contributed by atoms with van der Waals surface area (Å²) in [7, 11) is 0. The zero-order valence-electron chi connectivity index (χ0n) is 10.5. The Hall–Kier alpha value is -1.07. The minimum atomic E-state index is -4.42. The second kappa shape index (κ2) is 5.71. The number of aliphatic hydroxyl groups is 1. The molecule has 2 nitrogen and oxygen atoms in total. The highest BCUT2D eigenvalue weighted by atomic mass is 19.4. The van der Waals surface area contributed by atoms with Crippen molar-refractivity contribution in [2.45, 2.75) is 32.0 Å². The molecule has 0 fully saturated rings. The van der Waals surface area contributed by atoms with Crippen molar-refractivity contribution in [2.24, 2.45) is 0 Å². The summed E-state index contributed by atoms with van der Waals surface area (Å²) in [4.78, 5) is 0. The van der Waals surface area contributed by atoms with Crippen LogP contribution in [0.25, 0.3) is 0 Å². The summed E-state index contributed by atoms with van der Waals surface area (Å²) in [6.45, 7) is 3.65. The molecule has 0 aromatic heterocycles. The van der Waals surface area contributed by atoms with Crippen LogP contribution in [-0.2, 0) is 11.7 Å². The number of nitrogens with one attached hydrogen (secondary N) is 1. The summed E-state index contributed by atoms with van der Waals surface area (Å²) in [6, 6.07) is 5.34. The first-order chi connectivity index (χ1) is 8.35. The Labute approximate surface area is 105 Å². The van der Waals surface area contributed by atoms with Crippen molar-refractivity contribution in [1.29, 1.82) is 0 Å². The van der Waals surface area contributed by atoms with E-state index in [1.165, 1.54) is 12.1 Å². The van der Waals surface area contributed by atoms with E-state index in [9.17, 15) is 18.3 Å². The molecule has 0 saturated heterocycles. The third kappa shape index (κ3) is 3.23. The Morgan fingerprint density at radius 3 is 2.17 bits per heavy atom. The number of benzene rings is 1. The zero-order chi connectivity index (χ0) is 13.8. The molecule has 1 unspecified atom stereocenters. The summed E-state index contributed by atoms with van der Waals surface area (Å²) < 4.78 is 38.8. The molecule has 1 rings (SSSR count). The summed E-state index contributed by atoms with van der Waals surface area (Å²) in [5, 5.41) is 12.4. The number of rotatable bonds is 5. The van der Waals surface area contributed by atoms with E-state index < -0.39 is 17.3 Å². The van der Waals surface area contributed by atoms with E-state index in [0.29, 0.717) is 6.54 Å². The minimum absolute atomic E-state index is 0.0773. The lowest BCUT2D eigenvalue weighted by Gasteiger charge is -2.31. The van der Waals surface area contributed by atoms with Gasteiger partial charge in [0, 0.05) is 0 Å². The molecule has 0 aliphatic rings. The van der Waals surface area contributed by atoms with E-state index in [1.807, 2.05) is 6.92 Å². The summed E-state index contributed by atoms with van der Waals surface area (Å²) >= 11 is 0. The average molecular weight is 261 g/mol. The number of hydrogen-bond donors (Lipinski definition) is 2. The number of hydrogen-bond acceptors (Lipinski definition) is 2. The highest BCUT2D eigenvalue weighted by Gasteiger charge is 2.38. The summed E-state index contributed by atoms with van der Waals surface area (Å²) in [5.74, 6) is 0. The van der Waals surface area contributed by atoms with E-state index in [2.05, 4.69) is 5.32 Å². The van der Waals surface area contributed by atoms with Crippen LogP contribution in [0.5, 0.6) is 0 Å². The van der Waals surface area contributed by atoms with E-state index >= 15 is 0 Å². The van der Waals surface area contributed by atoms with Crippen LogP contribution >= 0.6 is 0 Å². The first kappa shape index (κ1) is 15.0. The van der Waals surface area contributed by atoms with Crippen molar-refractivity contribution in [2.75, 3.05) is 13.2 Å². The molecule has 5 heteroatoms. The van der Waals surface area contributed by atoms with Crippen molar-refractivity contribution in [3.63, 3.8) is 0 Å². The van der Waals surface area contributed by atoms with Gasteiger partial charge in [-0.25, -0.2) is 0 Å². The highest BCUT2D eigenvalue weighted by molar-refractivity contribution is 5.35. The molecule has 0 heterocycles. The first-order valence-electron chi connectivity index (χ1n) is 5.87. The standard InChI is InChI=1S/C13H18F3NO/c1-3-8-17-12(2,9-18)10-6-4-5-7-11(10)13(14,15)16/h4-7,17-18H,3,8-9H2,1-2H3. The van der Waals surface area contributed by atoms with Crippen LogP contribution in [0.4, 0.5) is 13.2 Å². The molecule has 18 heavy (non-hydrogen) atoms. The average Bonchev–Trinajstić information content (AvgIpc) is 2.35. The molecule has 0 saturated carbocycles. The van der Waals surface area contributed by atoms with Gasteiger partial charge in [-0.3, -0.25) is 0 Å². The molecule has 0 aliphatic heterocycles. The molecule has 0 aliphatic carbocycles. The predicted octanol–water partition coefficient (Wildman–Crippen LogP) is 2.91. The van der Waals surface area contributed by atoms with Gasteiger partial charge >= 0.3 is 6.18 Å². The van der Waals surface area contributed by atoms with Crippen LogP contribution in [0.15, 0.2) is 24.3 Å². The molecule has 1 atom stereocenters. The van der Waals surface area contributed by atoms with Crippen molar-refractivity contribution < 1.29 is 18.3 Å². The normalized spacial score (nSPS) is 15.4. The fourth-order valence-electron chi connectivity index (χ4n) is 1.85. The van der Waals surface area contributed by atoms with Crippen molar-refractivity contribution in [3.05, 3.63) is 35.4 Å². The Bertz CT molecular complexity index is 392. The molecule has 0 radical (unpaired) electrons. The lowest BCUT2D eigenvalue weighted by atomic mass is 9.88. The maximum Gasteiger partial charge on any atom is 0.416 e. The molecular weight excluding hydrogens is 243 g/mol. The lowest BCUT2D eigenvalue weighted by Crippen LogP contribution is -2.44. The monoisotopic (exact) mass is 261 g/mol. The molecule has 1 aromatic carbocycles. The SMILES string of the molecule is CCCNC(C)(CO)c1ccccc1C(F)(F)F. The predicted molar refractivity (Wildman–Crippen MR) is 64.2 cm³/mol. The van der Waals surface area contributed by atoms with Crippen molar-refractivity contribution in [3.8, 4) is 0 Å². The van der Waals surface area contributed by atoms with Gasteiger partial charge in [-0.2, -0.15) is 13.2 Å². The maximum absolute atomic E-state index is 12.9. The molecule has 0 spiro atoms. The fraction of sp³-hybridized carbons (Fsp3) is 0.538. The minimum Gasteiger partial charge on any atom is -0.394 e. The van der Waals surface area contributed by atoms with Crippen LogP contribution in [-0.4, -0.2) is 18.3 Å². The molecular formula is C13H18F3NO. The third-order valence-electron chi connectivity index (χ3n) is 2.91. The smallest absolute Gasteiger partial charge is 0.394 e. The van der Waals surface area contributed by atoms with Crippen LogP contribution in [0.2, 0.25) is 0 Å². The Kier molecular flexibility index (Phi) is 4.76. The number of aliphatic hydroxyl groups excluding tert-OH is 1. The van der Waals surface area contributed by atoms with Gasteiger partial charge in [0.1, 0.15) is 0 Å². The van der Waals surface area contributed by atoms with Crippen LogP contribution in [0, 0.1) is 0 Å². The lowest BCUT2D eigenvalue weighted by molar-refractivity contribution is -0.139. The first-order valence-corrected chi connectivity index (χ1v) is 5.87. The van der Waals surface area contributed by atoms with E-state index in [0.717, 1.165) is 12.5 Å². The largest absolute Gasteiger partial charge is 0.416 e. The highest BCUT2D eigenvalue weighted by Crippen LogP contribution is 2.36. The maximum atomic E-state index is 12.9. The fourth-order valence-corrected chi connectivity index (χ4v) is 1.85. The quantitative estimate of drug-likeness (QED) is 0.854. The molecule has 1 aromatic rings. The Balaban J connectivity index is 3.21. The van der Waals surface area contributed by atoms with Gasteiger partial charge in [0.2, 0.25) is 0 Å². The molecule has 0 amide bonds. The van der Waals surface area contributed by atoms with Gasteiger partial charge in [-0.15, -0.1) is 0 Å². The van der Waals surface area contributed by atoms with Crippen molar-refractivity contribution in [1.82, 2.24) is 5.32 Å². The summed E-state index contributed by atoms with van der Waals surface area (Å²) in [5.41, 5.74) is -1.71. The van der Waals surface area contributed by atoms with E-state index in [1.54, 1.807) is 13.0 Å². The molecule has 2 N–H and O–H groups in total. The number of halogens is 3. The Morgan fingerprint density at radius 1 is 1.17 bits per heavy atom.